The molecule has 0 fully saturated rings. The number of amides is 1. The van der Waals surface area contributed by atoms with Crippen molar-refractivity contribution in [2.24, 2.45) is 5.73 Å². The molecular weight excluding hydrogens is 678 g/mol. The number of hydrogen-bond donors (Lipinski definition) is 7. The first-order chi connectivity index (χ1) is 26.0. The number of hydrogen-bond acceptors (Lipinski definition) is 14. The summed E-state index contributed by atoms with van der Waals surface area (Å²) in [7, 11) is 0. The Morgan fingerprint density at radius 1 is 0.642 bits per heavy atom. The Labute approximate surface area is 311 Å². The summed E-state index contributed by atoms with van der Waals surface area (Å²) in [6, 6.07) is 23.5. The van der Waals surface area contributed by atoms with Gasteiger partial charge in [0.25, 0.3) is 5.91 Å². The number of phenolic OH excluding ortho intramolecular Hbond substituents is 1. The first kappa shape index (κ1) is 42.1. The molecule has 0 radical (unpaired) electrons. The van der Waals surface area contributed by atoms with Crippen molar-refractivity contribution >= 4 is 40.8 Å². The van der Waals surface area contributed by atoms with Gasteiger partial charge in [0.1, 0.15) is 5.75 Å². The van der Waals surface area contributed by atoms with Gasteiger partial charge >= 0.3 is 0 Å². The van der Waals surface area contributed by atoms with E-state index in [0.717, 1.165) is 11.3 Å². The minimum absolute atomic E-state index is 0.102. The first-order valence-corrected chi connectivity index (χ1v) is 17.7. The maximum atomic E-state index is 12.6. The van der Waals surface area contributed by atoms with Crippen molar-refractivity contribution in [1.82, 2.24) is 25.6 Å². The molecule has 0 saturated heterocycles. The molecule has 0 atom stereocenters. The second kappa shape index (κ2) is 25.6. The summed E-state index contributed by atoms with van der Waals surface area (Å²) in [5.41, 5.74) is 9.04. The van der Waals surface area contributed by atoms with Gasteiger partial charge in [-0.3, -0.25) is 4.79 Å². The zero-order valence-corrected chi connectivity index (χ0v) is 30.6. The van der Waals surface area contributed by atoms with Gasteiger partial charge in [-0.2, -0.15) is 15.0 Å². The van der Waals surface area contributed by atoms with Gasteiger partial charge in [0.05, 0.1) is 52.9 Å². The molecule has 1 heterocycles. The lowest BCUT2D eigenvalue weighted by Crippen LogP contribution is -2.27. The van der Waals surface area contributed by atoms with Crippen molar-refractivity contribution in [2.75, 3.05) is 95.0 Å². The van der Waals surface area contributed by atoms with Crippen LogP contribution in [0.3, 0.4) is 0 Å². The normalized spacial score (nSPS) is 10.5. The quantitative estimate of drug-likeness (QED) is 0.0470. The number of nitrogens with zero attached hydrogens (tertiary/aromatic N) is 3. The number of benzene rings is 3. The van der Waals surface area contributed by atoms with Crippen LogP contribution in [0, 0.1) is 0 Å². The number of rotatable bonds is 25. The Bertz CT molecular complexity index is 1610. The molecule has 8 N–H and O–H groups in total. The van der Waals surface area contributed by atoms with Gasteiger partial charge in [-0.05, 0) is 42.0 Å². The van der Waals surface area contributed by atoms with Crippen LogP contribution < -0.4 is 32.3 Å². The Morgan fingerprint density at radius 3 is 1.83 bits per heavy atom. The lowest BCUT2D eigenvalue weighted by atomic mass is 10.2. The van der Waals surface area contributed by atoms with E-state index in [1.54, 1.807) is 48.5 Å². The molecule has 1 amide bonds. The highest BCUT2D eigenvalue weighted by Crippen LogP contribution is 2.21. The van der Waals surface area contributed by atoms with Crippen molar-refractivity contribution in [3.05, 3.63) is 96.6 Å². The van der Waals surface area contributed by atoms with E-state index < -0.39 is 0 Å². The molecule has 0 spiro atoms. The molecule has 53 heavy (non-hydrogen) atoms. The standard InChI is InChI=1S/C36H47N9O6.C2H6/c1-27(28-6-3-2-4-7-28)38-15-19-49-24-25-51-21-17-40-34-43-35(45-36(44-34)42-31-8-5-9-32(46)26-31)41-30-12-10-29(11-13-30)33(47)39-16-20-50-23-22-48-18-14-37;1-2/h2-13,26,38,46H,1,14-25,37H2,(H,39,47)(H3,40,41,42,43,44,45);1-2H3. The second-order valence-corrected chi connectivity index (χ2v) is 10.9. The van der Waals surface area contributed by atoms with Crippen LogP contribution >= 0.6 is 0 Å². The predicted octanol–water partition coefficient (Wildman–Crippen LogP) is 4.52. The van der Waals surface area contributed by atoms with Gasteiger partial charge in [-0.1, -0.05) is 56.8 Å². The minimum Gasteiger partial charge on any atom is -0.508 e. The third kappa shape index (κ3) is 17.2. The molecule has 4 aromatic rings. The average Bonchev–Trinajstić information content (AvgIpc) is 3.18. The van der Waals surface area contributed by atoms with E-state index in [4.69, 9.17) is 24.7 Å². The monoisotopic (exact) mass is 731 g/mol. The molecular formula is C38H53N9O6. The van der Waals surface area contributed by atoms with E-state index in [2.05, 4.69) is 48.1 Å². The van der Waals surface area contributed by atoms with E-state index in [1.807, 2.05) is 44.2 Å². The fourth-order valence-electron chi connectivity index (χ4n) is 4.43. The van der Waals surface area contributed by atoms with Gasteiger partial charge in [-0.25, -0.2) is 0 Å². The smallest absolute Gasteiger partial charge is 0.251 e. The zero-order valence-electron chi connectivity index (χ0n) is 30.6. The van der Waals surface area contributed by atoms with Crippen LogP contribution in [0.15, 0.2) is 85.4 Å². The molecule has 3 aromatic carbocycles. The third-order valence-corrected chi connectivity index (χ3v) is 6.92. The minimum atomic E-state index is -0.218. The van der Waals surface area contributed by atoms with E-state index in [9.17, 15) is 9.90 Å². The molecule has 286 valence electrons. The zero-order chi connectivity index (χ0) is 37.9. The van der Waals surface area contributed by atoms with Crippen LogP contribution in [0.2, 0.25) is 0 Å². The van der Waals surface area contributed by atoms with Crippen LogP contribution in [0.1, 0.15) is 29.8 Å². The van der Waals surface area contributed by atoms with Crippen molar-refractivity contribution in [1.29, 1.82) is 0 Å². The van der Waals surface area contributed by atoms with Crippen molar-refractivity contribution in [2.45, 2.75) is 13.8 Å². The fraction of sp³-hybridized carbons (Fsp3) is 0.368. The summed E-state index contributed by atoms with van der Waals surface area (Å²) in [6.45, 7) is 13.5. The van der Waals surface area contributed by atoms with Gasteiger partial charge in [0.2, 0.25) is 17.8 Å². The molecule has 0 saturated carbocycles. The molecule has 15 heteroatoms. The molecule has 1 aromatic heterocycles. The summed E-state index contributed by atoms with van der Waals surface area (Å²) in [5.74, 6) is 0.708. The van der Waals surface area contributed by atoms with Crippen LogP contribution in [-0.4, -0.2) is 105 Å². The highest BCUT2D eigenvalue weighted by atomic mass is 16.5. The van der Waals surface area contributed by atoms with Crippen molar-refractivity contribution in [3.63, 3.8) is 0 Å². The lowest BCUT2D eigenvalue weighted by molar-refractivity contribution is 0.0511. The average molecular weight is 732 g/mol. The van der Waals surface area contributed by atoms with Crippen LogP contribution in [0.25, 0.3) is 5.70 Å². The van der Waals surface area contributed by atoms with Crippen molar-refractivity contribution in [3.8, 4) is 5.75 Å². The molecule has 4 rings (SSSR count). The second-order valence-electron chi connectivity index (χ2n) is 10.9. The Morgan fingerprint density at radius 2 is 1.21 bits per heavy atom. The van der Waals surface area contributed by atoms with E-state index >= 15 is 0 Å². The van der Waals surface area contributed by atoms with Gasteiger partial charge < -0.3 is 56.4 Å². The number of nitrogens with one attached hydrogen (secondary N) is 5. The fourth-order valence-corrected chi connectivity index (χ4v) is 4.43. The number of aromatic nitrogens is 3. The van der Waals surface area contributed by atoms with E-state index in [0.29, 0.717) is 102 Å². The molecule has 0 bridgehead atoms. The number of aromatic hydroxyl groups is 1. The number of carbonyl (C=O) groups excluding carboxylic acids is 1. The Kier molecular flexibility index (Phi) is 20.3. The Balaban J connectivity index is 0.00000372. The van der Waals surface area contributed by atoms with Crippen LogP contribution in [0.4, 0.5) is 29.2 Å². The van der Waals surface area contributed by atoms with E-state index in [-0.39, 0.29) is 23.6 Å². The Hall–Kier alpha value is -5.32. The summed E-state index contributed by atoms with van der Waals surface area (Å²) < 4.78 is 22.0. The number of nitrogens with two attached hydrogens (primary N) is 1. The lowest BCUT2D eigenvalue weighted by Gasteiger charge is -2.12. The molecule has 0 aliphatic rings. The topological polar surface area (TPSA) is 199 Å². The number of ether oxygens (including phenoxy) is 4. The van der Waals surface area contributed by atoms with E-state index in [1.165, 1.54) is 0 Å². The maximum Gasteiger partial charge on any atom is 0.251 e. The summed E-state index contributed by atoms with van der Waals surface area (Å²) in [6.07, 6.45) is 0. The number of anilines is 5. The summed E-state index contributed by atoms with van der Waals surface area (Å²) >= 11 is 0. The molecule has 0 aliphatic carbocycles. The largest absolute Gasteiger partial charge is 0.508 e. The third-order valence-electron chi connectivity index (χ3n) is 6.92. The van der Waals surface area contributed by atoms with Crippen LogP contribution in [-0.2, 0) is 18.9 Å². The number of phenols is 1. The highest BCUT2D eigenvalue weighted by molar-refractivity contribution is 5.94. The first-order valence-electron chi connectivity index (χ1n) is 17.7. The summed E-state index contributed by atoms with van der Waals surface area (Å²) in [5, 5.41) is 25.4. The van der Waals surface area contributed by atoms with Gasteiger partial charge in [0.15, 0.2) is 0 Å². The molecule has 0 unspecified atom stereocenters. The number of carbonyl (C=O) groups is 1. The van der Waals surface area contributed by atoms with Gasteiger partial charge in [0, 0.05) is 54.9 Å². The van der Waals surface area contributed by atoms with Crippen molar-refractivity contribution < 1.29 is 28.8 Å². The highest BCUT2D eigenvalue weighted by Gasteiger charge is 2.10. The SMILES string of the molecule is C=C(NCCOCCOCCNc1nc(Nc2ccc(C(=O)NCCOCCOCCN)cc2)nc(Nc2cccc(O)c2)n1)c1ccccc1.CC. The van der Waals surface area contributed by atoms with Gasteiger partial charge in [-0.15, -0.1) is 0 Å². The maximum absolute atomic E-state index is 12.6. The van der Waals surface area contributed by atoms with Crippen LogP contribution in [0.5, 0.6) is 5.75 Å². The molecule has 0 aliphatic heterocycles. The molecule has 15 nitrogen and oxygen atoms in total. The summed E-state index contributed by atoms with van der Waals surface area (Å²) in [4.78, 5) is 26.0. The predicted molar refractivity (Wildman–Crippen MR) is 209 cm³/mol.